The largest absolute Gasteiger partial charge is 0.493 e. The Balaban J connectivity index is 1.75. The second kappa shape index (κ2) is 6.12. The van der Waals surface area contributed by atoms with Gasteiger partial charge in [-0.3, -0.25) is 0 Å². The Morgan fingerprint density at radius 1 is 1.29 bits per heavy atom. The van der Waals surface area contributed by atoms with Crippen LogP contribution in [0.25, 0.3) is 0 Å². The first-order chi connectivity index (χ1) is 10.1. The van der Waals surface area contributed by atoms with Crippen LogP contribution in [0.3, 0.4) is 0 Å². The Labute approximate surface area is 130 Å². The standard InChI is InChI=1S/C18H21NOS/c1-12-7-8-17(16(9-12)13(2)19)20-10-14-11-21-18-6-4-3-5-15(14)18/h3-9,13-14H,10-11,19H2,1-2H3. The fraction of sp³-hybridized carbons (Fsp3) is 0.333. The van der Waals surface area contributed by atoms with Crippen molar-refractivity contribution in [3.8, 4) is 5.75 Å². The Hall–Kier alpha value is -1.45. The summed E-state index contributed by atoms with van der Waals surface area (Å²) < 4.78 is 6.10. The molecule has 0 spiro atoms. The fourth-order valence-electron chi connectivity index (χ4n) is 2.71. The lowest BCUT2D eigenvalue weighted by Crippen LogP contribution is -2.13. The molecule has 2 unspecified atom stereocenters. The number of hydrogen-bond donors (Lipinski definition) is 1. The minimum atomic E-state index is -0.00913. The molecule has 1 aliphatic heterocycles. The van der Waals surface area contributed by atoms with Gasteiger partial charge in [-0.05, 0) is 31.5 Å². The van der Waals surface area contributed by atoms with Crippen molar-refractivity contribution in [2.45, 2.75) is 30.7 Å². The summed E-state index contributed by atoms with van der Waals surface area (Å²) in [6.45, 7) is 4.80. The molecule has 1 heterocycles. The summed E-state index contributed by atoms with van der Waals surface area (Å²) in [4.78, 5) is 1.39. The van der Waals surface area contributed by atoms with E-state index >= 15 is 0 Å². The maximum absolute atomic E-state index is 6.10. The van der Waals surface area contributed by atoms with E-state index in [9.17, 15) is 0 Å². The van der Waals surface area contributed by atoms with Gasteiger partial charge in [0.25, 0.3) is 0 Å². The van der Waals surface area contributed by atoms with Gasteiger partial charge in [-0.15, -0.1) is 11.8 Å². The van der Waals surface area contributed by atoms with Crippen LogP contribution in [0, 0.1) is 6.92 Å². The molecule has 2 atom stereocenters. The minimum Gasteiger partial charge on any atom is -0.493 e. The van der Waals surface area contributed by atoms with E-state index in [2.05, 4.69) is 43.3 Å². The monoisotopic (exact) mass is 299 g/mol. The molecule has 0 bridgehead atoms. The summed E-state index contributed by atoms with van der Waals surface area (Å²) in [6.07, 6.45) is 0. The molecule has 2 aromatic carbocycles. The van der Waals surface area contributed by atoms with Crippen LogP contribution in [0.5, 0.6) is 5.75 Å². The zero-order chi connectivity index (χ0) is 14.8. The molecule has 2 nitrogen and oxygen atoms in total. The van der Waals surface area contributed by atoms with E-state index in [-0.39, 0.29) is 6.04 Å². The van der Waals surface area contributed by atoms with Crippen LogP contribution in [0.2, 0.25) is 0 Å². The average molecular weight is 299 g/mol. The van der Waals surface area contributed by atoms with Gasteiger partial charge in [0.1, 0.15) is 5.75 Å². The molecule has 0 aromatic heterocycles. The van der Waals surface area contributed by atoms with E-state index < -0.39 is 0 Å². The number of thioether (sulfide) groups is 1. The van der Waals surface area contributed by atoms with Crippen molar-refractivity contribution in [3.63, 3.8) is 0 Å². The van der Waals surface area contributed by atoms with E-state index in [4.69, 9.17) is 10.5 Å². The smallest absolute Gasteiger partial charge is 0.124 e. The van der Waals surface area contributed by atoms with Gasteiger partial charge in [0.05, 0.1) is 6.61 Å². The van der Waals surface area contributed by atoms with Gasteiger partial charge in [0, 0.05) is 28.2 Å². The molecule has 0 radical (unpaired) electrons. The molecule has 3 rings (SSSR count). The van der Waals surface area contributed by atoms with Crippen LogP contribution >= 0.6 is 11.8 Å². The first-order valence-electron chi connectivity index (χ1n) is 7.36. The van der Waals surface area contributed by atoms with Crippen LogP contribution in [0.1, 0.15) is 35.6 Å². The van der Waals surface area contributed by atoms with Crippen LogP contribution in [0.4, 0.5) is 0 Å². The van der Waals surface area contributed by atoms with E-state index in [1.54, 1.807) is 0 Å². The minimum absolute atomic E-state index is 0.00913. The predicted molar refractivity (Wildman–Crippen MR) is 89.2 cm³/mol. The number of rotatable bonds is 4. The molecule has 2 aromatic rings. The summed E-state index contributed by atoms with van der Waals surface area (Å²) in [5.41, 5.74) is 9.78. The van der Waals surface area contributed by atoms with Crippen LogP contribution < -0.4 is 10.5 Å². The molecule has 0 amide bonds. The Morgan fingerprint density at radius 3 is 2.90 bits per heavy atom. The lowest BCUT2D eigenvalue weighted by Gasteiger charge is -2.17. The first kappa shape index (κ1) is 14.5. The highest BCUT2D eigenvalue weighted by atomic mass is 32.2. The summed E-state index contributed by atoms with van der Waals surface area (Å²) in [6, 6.07) is 14.9. The second-order valence-corrected chi connectivity index (χ2v) is 6.75. The number of benzene rings is 2. The summed E-state index contributed by atoms with van der Waals surface area (Å²) in [7, 11) is 0. The molecule has 0 saturated heterocycles. The van der Waals surface area contributed by atoms with E-state index in [1.807, 2.05) is 24.8 Å². The molecule has 2 N–H and O–H groups in total. The quantitative estimate of drug-likeness (QED) is 0.915. The molecule has 3 heteroatoms. The van der Waals surface area contributed by atoms with Crippen LogP contribution in [-0.2, 0) is 0 Å². The van der Waals surface area contributed by atoms with Crippen LogP contribution in [0.15, 0.2) is 47.4 Å². The van der Waals surface area contributed by atoms with Gasteiger partial charge in [-0.25, -0.2) is 0 Å². The fourth-order valence-corrected chi connectivity index (χ4v) is 3.95. The van der Waals surface area contributed by atoms with Gasteiger partial charge in [0.2, 0.25) is 0 Å². The first-order valence-corrected chi connectivity index (χ1v) is 8.34. The Morgan fingerprint density at radius 2 is 2.10 bits per heavy atom. The zero-order valence-corrected chi connectivity index (χ0v) is 13.3. The highest BCUT2D eigenvalue weighted by Gasteiger charge is 2.23. The summed E-state index contributed by atoms with van der Waals surface area (Å²) >= 11 is 1.92. The summed E-state index contributed by atoms with van der Waals surface area (Å²) in [5.74, 6) is 2.48. The van der Waals surface area contributed by atoms with Gasteiger partial charge >= 0.3 is 0 Å². The van der Waals surface area contributed by atoms with E-state index in [0.29, 0.717) is 12.5 Å². The zero-order valence-electron chi connectivity index (χ0n) is 12.5. The molecule has 21 heavy (non-hydrogen) atoms. The maximum Gasteiger partial charge on any atom is 0.124 e. The lowest BCUT2D eigenvalue weighted by molar-refractivity contribution is 0.294. The number of aryl methyl sites for hydroxylation is 1. The van der Waals surface area contributed by atoms with Crippen LogP contribution in [-0.4, -0.2) is 12.4 Å². The molecular weight excluding hydrogens is 278 g/mol. The molecule has 1 aliphatic rings. The normalized spacial score (nSPS) is 18.3. The highest BCUT2D eigenvalue weighted by molar-refractivity contribution is 7.99. The number of nitrogens with two attached hydrogens (primary N) is 1. The Bertz CT molecular complexity index is 639. The molecule has 0 saturated carbocycles. The van der Waals surface area contributed by atoms with Gasteiger partial charge in [0.15, 0.2) is 0 Å². The van der Waals surface area contributed by atoms with Crippen molar-refractivity contribution in [2.24, 2.45) is 5.73 Å². The van der Waals surface area contributed by atoms with Gasteiger partial charge in [-0.2, -0.15) is 0 Å². The van der Waals surface area contributed by atoms with Gasteiger partial charge in [-0.1, -0.05) is 35.9 Å². The van der Waals surface area contributed by atoms with Crippen molar-refractivity contribution in [1.82, 2.24) is 0 Å². The van der Waals surface area contributed by atoms with E-state index in [0.717, 1.165) is 17.1 Å². The number of ether oxygens (including phenoxy) is 1. The molecular formula is C18H21NOS. The van der Waals surface area contributed by atoms with Crippen molar-refractivity contribution < 1.29 is 4.74 Å². The Kier molecular flexibility index (Phi) is 4.22. The molecule has 0 aliphatic carbocycles. The van der Waals surface area contributed by atoms with Gasteiger partial charge < -0.3 is 10.5 Å². The molecule has 110 valence electrons. The van der Waals surface area contributed by atoms with Crippen molar-refractivity contribution >= 4 is 11.8 Å². The molecule has 0 fully saturated rings. The van der Waals surface area contributed by atoms with Crippen molar-refractivity contribution in [3.05, 3.63) is 59.2 Å². The topological polar surface area (TPSA) is 35.2 Å². The van der Waals surface area contributed by atoms with Crippen molar-refractivity contribution in [1.29, 1.82) is 0 Å². The van der Waals surface area contributed by atoms with Crippen molar-refractivity contribution in [2.75, 3.05) is 12.4 Å². The predicted octanol–water partition coefficient (Wildman–Crippen LogP) is 4.28. The highest BCUT2D eigenvalue weighted by Crippen LogP contribution is 2.39. The third kappa shape index (κ3) is 3.09. The third-order valence-corrected chi connectivity index (χ3v) is 5.15. The van der Waals surface area contributed by atoms with E-state index in [1.165, 1.54) is 16.0 Å². The maximum atomic E-state index is 6.10. The number of fused-ring (bicyclic) bond motifs is 1. The summed E-state index contributed by atoms with van der Waals surface area (Å²) in [5, 5.41) is 0. The third-order valence-electron chi connectivity index (χ3n) is 3.89. The average Bonchev–Trinajstić information content (AvgIpc) is 2.89. The SMILES string of the molecule is Cc1ccc(OCC2CSc3ccccc32)c(C(C)N)c1. The second-order valence-electron chi connectivity index (χ2n) is 5.69. The lowest BCUT2D eigenvalue weighted by atomic mass is 10.0. The number of hydrogen-bond acceptors (Lipinski definition) is 3.